The first-order valence-corrected chi connectivity index (χ1v) is 6.41. The number of nitrogens with zero attached hydrogens (tertiary/aromatic N) is 3. The van der Waals surface area contributed by atoms with Crippen molar-refractivity contribution in [2.24, 2.45) is 0 Å². The molecule has 19 heavy (non-hydrogen) atoms. The highest BCUT2D eigenvalue weighted by Crippen LogP contribution is 2.32. The lowest BCUT2D eigenvalue weighted by Crippen LogP contribution is -2.09. The van der Waals surface area contributed by atoms with Crippen molar-refractivity contribution in [3.8, 4) is 0 Å². The van der Waals surface area contributed by atoms with Crippen LogP contribution in [0, 0.1) is 10.1 Å². The number of H-pyrrole nitrogens is 1. The van der Waals surface area contributed by atoms with Crippen LogP contribution >= 0.6 is 27.7 Å². The molecule has 2 heterocycles. The van der Waals surface area contributed by atoms with Crippen molar-refractivity contribution in [2.45, 2.75) is 10.2 Å². The van der Waals surface area contributed by atoms with Crippen LogP contribution in [0.15, 0.2) is 37.8 Å². The average molecular weight is 344 g/mol. The zero-order valence-corrected chi connectivity index (χ0v) is 11.6. The Bertz CT molecular complexity index is 704. The van der Waals surface area contributed by atoms with Crippen LogP contribution in [0.3, 0.4) is 0 Å². The molecule has 0 spiro atoms. The highest BCUT2D eigenvalue weighted by Gasteiger charge is 2.18. The van der Waals surface area contributed by atoms with Gasteiger partial charge in [0.25, 0.3) is 5.56 Å². The average Bonchev–Trinajstić information content (AvgIpc) is 2.30. The van der Waals surface area contributed by atoms with Crippen molar-refractivity contribution in [2.75, 3.05) is 5.73 Å². The number of nitrogen functional groups attached to an aromatic ring is 1. The Kier molecular flexibility index (Phi) is 3.81. The molecule has 0 bridgehead atoms. The maximum atomic E-state index is 11.2. The molecular formula is C9H6BrN5O3S. The third kappa shape index (κ3) is 3.29. The molecule has 0 aliphatic carbocycles. The molecule has 2 rings (SSSR count). The van der Waals surface area contributed by atoms with Gasteiger partial charge in [-0.1, -0.05) is 0 Å². The summed E-state index contributed by atoms with van der Waals surface area (Å²) >= 11 is 3.96. The fraction of sp³-hybridized carbons (Fsp3) is 0. The molecule has 0 aliphatic rings. The number of hydrogen-bond donors (Lipinski definition) is 2. The van der Waals surface area contributed by atoms with E-state index in [0.717, 1.165) is 17.8 Å². The van der Waals surface area contributed by atoms with Gasteiger partial charge in [0.2, 0.25) is 0 Å². The Balaban J connectivity index is 2.43. The number of aromatic nitrogens is 3. The van der Waals surface area contributed by atoms with E-state index in [1.807, 2.05) is 0 Å². The molecule has 0 aliphatic heterocycles. The lowest BCUT2D eigenvalue weighted by atomic mass is 10.4. The van der Waals surface area contributed by atoms with E-state index in [4.69, 9.17) is 5.73 Å². The first-order chi connectivity index (χ1) is 8.95. The van der Waals surface area contributed by atoms with E-state index in [9.17, 15) is 14.9 Å². The minimum atomic E-state index is -0.565. The molecule has 0 atom stereocenters. The topological polar surface area (TPSA) is 128 Å². The molecule has 98 valence electrons. The number of nitrogens with one attached hydrogen (secondary N) is 1. The first kappa shape index (κ1) is 13.5. The van der Waals surface area contributed by atoms with E-state index in [0.29, 0.717) is 4.47 Å². The maximum Gasteiger partial charge on any atom is 0.302 e. The molecule has 10 heteroatoms. The number of hydrogen-bond acceptors (Lipinski definition) is 7. The molecule has 0 amide bonds. The Morgan fingerprint density at radius 2 is 2.21 bits per heavy atom. The van der Waals surface area contributed by atoms with Crippen molar-refractivity contribution in [1.82, 2.24) is 15.0 Å². The quantitative estimate of drug-likeness (QED) is 0.491. The van der Waals surface area contributed by atoms with Crippen molar-refractivity contribution in [3.05, 3.63) is 43.3 Å². The van der Waals surface area contributed by atoms with Gasteiger partial charge in [0.15, 0.2) is 10.2 Å². The third-order valence-corrected chi connectivity index (χ3v) is 3.26. The van der Waals surface area contributed by atoms with E-state index in [2.05, 4.69) is 30.9 Å². The van der Waals surface area contributed by atoms with Gasteiger partial charge in [-0.15, -0.1) is 0 Å². The summed E-state index contributed by atoms with van der Waals surface area (Å²) in [7, 11) is 0. The number of rotatable bonds is 3. The largest absolute Gasteiger partial charge is 0.383 e. The summed E-state index contributed by atoms with van der Waals surface area (Å²) in [5.41, 5.74) is 4.80. The molecule has 3 N–H and O–H groups in total. The SMILES string of the molecule is Nc1cc(=O)[nH]c(Sc2ncc(Br)cc2[N+](=O)[O-])n1. The van der Waals surface area contributed by atoms with Crippen LogP contribution in [0.1, 0.15) is 0 Å². The van der Waals surface area contributed by atoms with Crippen LogP contribution in [-0.4, -0.2) is 19.9 Å². The summed E-state index contributed by atoms with van der Waals surface area (Å²) in [6.45, 7) is 0. The smallest absolute Gasteiger partial charge is 0.302 e. The first-order valence-electron chi connectivity index (χ1n) is 4.80. The molecule has 0 fully saturated rings. The van der Waals surface area contributed by atoms with Crippen LogP contribution in [0.25, 0.3) is 0 Å². The van der Waals surface area contributed by atoms with Gasteiger partial charge >= 0.3 is 5.69 Å². The molecule has 2 aromatic heterocycles. The normalized spacial score (nSPS) is 10.4. The van der Waals surface area contributed by atoms with Gasteiger partial charge in [-0.05, 0) is 27.7 Å². The summed E-state index contributed by atoms with van der Waals surface area (Å²) in [4.78, 5) is 31.8. The second-order valence-electron chi connectivity index (χ2n) is 3.31. The highest BCUT2D eigenvalue weighted by molar-refractivity contribution is 9.10. The van der Waals surface area contributed by atoms with Gasteiger partial charge in [0, 0.05) is 22.8 Å². The van der Waals surface area contributed by atoms with Crippen molar-refractivity contribution < 1.29 is 4.92 Å². The zero-order valence-electron chi connectivity index (χ0n) is 9.16. The van der Waals surface area contributed by atoms with E-state index in [-0.39, 0.29) is 21.7 Å². The summed E-state index contributed by atoms with van der Waals surface area (Å²) in [5.74, 6) is 0.0333. The van der Waals surface area contributed by atoms with E-state index in [1.54, 1.807) is 0 Å². The highest BCUT2D eigenvalue weighted by atomic mass is 79.9. The molecule has 0 saturated carbocycles. The number of nitro groups is 1. The Morgan fingerprint density at radius 3 is 2.84 bits per heavy atom. The molecule has 0 unspecified atom stereocenters. The maximum absolute atomic E-state index is 11.2. The predicted molar refractivity (Wildman–Crippen MR) is 72.0 cm³/mol. The van der Waals surface area contributed by atoms with Crippen LogP contribution < -0.4 is 11.3 Å². The van der Waals surface area contributed by atoms with E-state index in [1.165, 1.54) is 12.3 Å². The van der Waals surface area contributed by atoms with Crippen LogP contribution in [0.5, 0.6) is 0 Å². The van der Waals surface area contributed by atoms with Gasteiger partial charge < -0.3 is 10.7 Å². The number of halogens is 1. The Morgan fingerprint density at radius 1 is 1.47 bits per heavy atom. The molecule has 2 aromatic rings. The van der Waals surface area contributed by atoms with Crippen molar-refractivity contribution >= 4 is 39.2 Å². The lowest BCUT2D eigenvalue weighted by Gasteiger charge is -2.02. The van der Waals surface area contributed by atoms with Crippen molar-refractivity contribution in [1.29, 1.82) is 0 Å². The summed E-state index contributed by atoms with van der Waals surface area (Å²) in [6, 6.07) is 2.44. The summed E-state index contributed by atoms with van der Waals surface area (Å²) in [6.07, 6.45) is 1.42. The van der Waals surface area contributed by atoms with Crippen LogP contribution in [0.4, 0.5) is 11.5 Å². The monoisotopic (exact) mass is 343 g/mol. The van der Waals surface area contributed by atoms with Gasteiger partial charge in [-0.3, -0.25) is 14.9 Å². The predicted octanol–water partition coefficient (Wildman–Crippen LogP) is 1.57. The fourth-order valence-corrected chi connectivity index (χ4v) is 2.37. The number of aromatic amines is 1. The number of anilines is 1. The fourth-order valence-electron chi connectivity index (χ4n) is 1.22. The minimum Gasteiger partial charge on any atom is -0.383 e. The lowest BCUT2D eigenvalue weighted by molar-refractivity contribution is -0.388. The van der Waals surface area contributed by atoms with Crippen molar-refractivity contribution in [3.63, 3.8) is 0 Å². The minimum absolute atomic E-state index is 0.0333. The molecular weight excluding hydrogens is 338 g/mol. The van der Waals surface area contributed by atoms with Gasteiger partial charge in [0.05, 0.1) is 4.92 Å². The Labute approximate surface area is 118 Å². The molecule has 0 aromatic carbocycles. The summed E-state index contributed by atoms with van der Waals surface area (Å²) in [5, 5.41) is 11.2. The van der Waals surface area contributed by atoms with Gasteiger partial charge in [0.1, 0.15) is 5.82 Å². The molecule has 0 saturated heterocycles. The number of pyridine rings is 1. The standard InChI is InChI=1S/C9H6BrN5O3S/c10-4-1-5(15(17)18)8(12-3-4)19-9-13-6(11)2-7(16)14-9/h1-3H,(H3,11,13,14,16). The molecule has 0 radical (unpaired) electrons. The third-order valence-electron chi connectivity index (χ3n) is 1.93. The number of nitrogens with two attached hydrogens (primary N) is 1. The summed E-state index contributed by atoms with van der Waals surface area (Å²) < 4.78 is 0.484. The van der Waals surface area contributed by atoms with Gasteiger partial charge in [-0.25, -0.2) is 9.97 Å². The molecule has 8 nitrogen and oxygen atoms in total. The van der Waals surface area contributed by atoms with Gasteiger partial charge in [-0.2, -0.15) is 0 Å². The van der Waals surface area contributed by atoms with E-state index < -0.39 is 10.5 Å². The Hall–Kier alpha value is -1.94. The zero-order chi connectivity index (χ0) is 14.0. The van der Waals surface area contributed by atoms with Crippen LogP contribution in [0.2, 0.25) is 0 Å². The van der Waals surface area contributed by atoms with E-state index >= 15 is 0 Å². The second kappa shape index (κ2) is 5.36. The van der Waals surface area contributed by atoms with Crippen LogP contribution in [-0.2, 0) is 0 Å². The second-order valence-corrected chi connectivity index (χ2v) is 5.21.